The molecule has 0 fully saturated rings. The van der Waals surface area contributed by atoms with Crippen molar-refractivity contribution in [1.82, 2.24) is 10.2 Å². The first kappa shape index (κ1) is 16.7. The second-order valence-corrected chi connectivity index (χ2v) is 7.32. The number of amides is 1. The van der Waals surface area contributed by atoms with Gasteiger partial charge in [-0.2, -0.15) is 0 Å². The third-order valence-electron chi connectivity index (χ3n) is 4.41. The molecule has 0 saturated heterocycles. The van der Waals surface area contributed by atoms with Gasteiger partial charge in [0.15, 0.2) is 5.78 Å². The quantitative estimate of drug-likeness (QED) is 0.750. The minimum atomic E-state index is -0.380. The van der Waals surface area contributed by atoms with Crippen LogP contribution < -0.4 is 5.32 Å². The summed E-state index contributed by atoms with van der Waals surface area (Å²) in [6.45, 7) is 3.73. The maximum absolute atomic E-state index is 12.7. The molecule has 6 nitrogen and oxygen atoms in total. The maximum Gasteiger partial charge on any atom is 0.261 e. The molecule has 1 aliphatic carbocycles. The number of aryl methyl sites for hydroxylation is 3. The van der Waals surface area contributed by atoms with Crippen molar-refractivity contribution in [3.63, 3.8) is 0 Å². The number of anilines is 1. The summed E-state index contributed by atoms with van der Waals surface area (Å²) in [5.41, 5.74) is 2.85. The summed E-state index contributed by atoms with van der Waals surface area (Å²) in [4.78, 5) is 24.9. The van der Waals surface area contributed by atoms with Crippen molar-refractivity contribution in [2.45, 2.75) is 33.1 Å². The van der Waals surface area contributed by atoms with E-state index in [1.807, 2.05) is 31.2 Å². The number of benzene rings is 1. The van der Waals surface area contributed by atoms with Crippen LogP contribution in [0.15, 0.2) is 28.7 Å². The SMILES string of the molecule is Cc1ccc(-c2nnc(NC(=O)c3c(C)oc4c3C(=O)CCC4)s2)cc1. The summed E-state index contributed by atoms with van der Waals surface area (Å²) in [6.07, 6.45) is 1.89. The van der Waals surface area contributed by atoms with Crippen LogP contribution in [0.25, 0.3) is 10.6 Å². The number of nitrogens with one attached hydrogen (secondary N) is 1. The molecule has 1 amide bonds. The predicted molar refractivity (Wildman–Crippen MR) is 98.7 cm³/mol. The average Bonchev–Trinajstić information content (AvgIpc) is 3.20. The van der Waals surface area contributed by atoms with E-state index in [-0.39, 0.29) is 11.7 Å². The first-order valence-electron chi connectivity index (χ1n) is 8.40. The van der Waals surface area contributed by atoms with E-state index >= 15 is 0 Å². The molecule has 0 radical (unpaired) electrons. The van der Waals surface area contributed by atoms with Crippen molar-refractivity contribution in [3.05, 3.63) is 52.5 Å². The number of hydrogen-bond acceptors (Lipinski definition) is 6. The van der Waals surface area contributed by atoms with Gasteiger partial charge < -0.3 is 4.42 Å². The lowest BCUT2D eigenvalue weighted by Gasteiger charge is -2.09. The zero-order valence-corrected chi connectivity index (χ0v) is 15.3. The Balaban J connectivity index is 1.59. The summed E-state index contributed by atoms with van der Waals surface area (Å²) in [7, 11) is 0. The molecule has 1 aromatic carbocycles. The van der Waals surface area contributed by atoms with E-state index in [9.17, 15) is 9.59 Å². The minimum Gasteiger partial charge on any atom is -0.465 e. The summed E-state index contributed by atoms with van der Waals surface area (Å²) in [5.74, 6) is 0.660. The van der Waals surface area contributed by atoms with E-state index in [2.05, 4.69) is 15.5 Å². The molecular formula is C19H17N3O3S. The van der Waals surface area contributed by atoms with E-state index in [0.29, 0.717) is 40.6 Å². The molecule has 0 unspecified atom stereocenters. The van der Waals surface area contributed by atoms with Gasteiger partial charge in [-0.05, 0) is 20.3 Å². The number of rotatable bonds is 3. The Kier molecular flexibility index (Phi) is 4.16. The summed E-state index contributed by atoms with van der Waals surface area (Å²) in [5, 5.41) is 12.1. The van der Waals surface area contributed by atoms with E-state index in [4.69, 9.17) is 4.42 Å². The number of hydrogen-bond donors (Lipinski definition) is 1. The monoisotopic (exact) mass is 367 g/mol. The predicted octanol–water partition coefficient (Wildman–Crippen LogP) is 4.19. The molecule has 2 aromatic heterocycles. The number of carbonyl (C=O) groups is 2. The number of furan rings is 1. The van der Waals surface area contributed by atoms with E-state index < -0.39 is 0 Å². The van der Waals surface area contributed by atoms with Crippen molar-refractivity contribution >= 4 is 28.2 Å². The van der Waals surface area contributed by atoms with Crippen LogP contribution in [0.2, 0.25) is 0 Å². The molecular weight excluding hydrogens is 350 g/mol. The van der Waals surface area contributed by atoms with Crippen LogP contribution in [0.3, 0.4) is 0 Å². The Morgan fingerprint density at radius 2 is 1.92 bits per heavy atom. The zero-order valence-electron chi connectivity index (χ0n) is 14.5. The van der Waals surface area contributed by atoms with E-state index in [1.54, 1.807) is 6.92 Å². The van der Waals surface area contributed by atoms with Gasteiger partial charge in [0.25, 0.3) is 5.91 Å². The molecule has 7 heteroatoms. The van der Waals surface area contributed by atoms with Gasteiger partial charge in [-0.15, -0.1) is 10.2 Å². The molecule has 0 atom stereocenters. The highest BCUT2D eigenvalue weighted by Gasteiger charge is 2.30. The fourth-order valence-corrected chi connectivity index (χ4v) is 3.87. The molecule has 0 saturated carbocycles. The number of Topliss-reactive ketones (excluding diaryl/α,β-unsaturated/α-hetero) is 1. The lowest BCUT2D eigenvalue weighted by Crippen LogP contribution is -2.18. The number of ketones is 1. The fourth-order valence-electron chi connectivity index (χ4n) is 3.13. The van der Waals surface area contributed by atoms with Crippen LogP contribution >= 0.6 is 11.3 Å². The van der Waals surface area contributed by atoms with Crippen LogP contribution in [0.1, 0.15) is 50.6 Å². The number of nitrogens with zero attached hydrogens (tertiary/aromatic N) is 2. The Bertz CT molecular complexity index is 1000. The van der Waals surface area contributed by atoms with E-state index in [1.165, 1.54) is 11.3 Å². The molecule has 2 heterocycles. The highest BCUT2D eigenvalue weighted by Crippen LogP contribution is 2.31. The molecule has 26 heavy (non-hydrogen) atoms. The van der Waals surface area contributed by atoms with Gasteiger partial charge >= 0.3 is 0 Å². The fraction of sp³-hybridized carbons (Fsp3) is 0.263. The van der Waals surface area contributed by atoms with Gasteiger partial charge in [0.2, 0.25) is 5.13 Å². The number of aromatic nitrogens is 2. The minimum absolute atomic E-state index is 0.0362. The zero-order chi connectivity index (χ0) is 18.3. The van der Waals surface area contributed by atoms with Crippen molar-refractivity contribution in [2.75, 3.05) is 5.32 Å². The first-order chi connectivity index (χ1) is 12.5. The second kappa shape index (κ2) is 6.49. The summed E-state index contributed by atoms with van der Waals surface area (Å²) in [6, 6.07) is 7.94. The van der Waals surface area contributed by atoms with Gasteiger partial charge in [0.05, 0.1) is 11.1 Å². The molecule has 1 N–H and O–H groups in total. The van der Waals surface area contributed by atoms with Crippen LogP contribution in [0.4, 0.5) is 5.13 Å². The average molecular weight is 367 g/mol. The third-order valence-corrected chi connectivity index (χ3v) is 5.30. The Labute approximate surface area is 154 Å². The Morgan fingerprint density at radius 1 is 1.15 bits per heavy atom. The largest absolute Gasteiger partial charge is 0.465 e. The molecule has 4 rings (SSSR count). The standard InChI is InChI=1S/C19H17N3O3S/c1-10-6-8-12(9-7-10)18-21-22-19(26-18)20-17(24)15-11(2)25-14-5-3-4-13(23)16(14)15/h6-9H,3-5H2,1-2H3,(H,20,22,24). The smallest absolute Gasteiger partial charge is 0.261 e. The lowest BCUT2D eigenvalue weighted by molar-refractivity contribution is 0.0955. The molecule has 132 valence electrons. The van der Waals surface area contributed by atoms with Crippen molar-refractivity contribution in [1.29, 1.82) is 0 Å². The maximum atomic E-state index is 12.7. The Morgan fingerprint density at radius 3 is 2.69 bits per heavy atom. The lowest BCUT2D eigenvalue weighted by atomic mass is 9.93. The summed E-state index contributed by atoms with van der Waals surface area (Å²) < 4.78 is 5.64. The van der Waals surface area contributed by atoms with Crippen molar-refractivity contribution in [2.24, 2.45) is 0 Å². The van der Waals surface area contributed by atoms with Crippen LogP contribution in [-0.2, 0) is 6.42 Å². The highest BCUT2D eigenvalue weighted by molar-refractivity contribution is 7.18. The normalized spacial score (nSPS) is 13.5. The second-order valence-electron chi connectivity index (χ2n) is 6.34. The highest BCUT2D eigenvalue weighted by atomic mass is 32.1. The van der Waals surface area contributed by atoms with Crippen molar-refractivity contribution < 1.29 is 14.0 Å². The molecule has 0 aliphatic heterocycles. The van der Waals surface area contributed by atoms with Crippen LogP contribution in [0, 0.1) is 13.8 Å². The number of fused-ring (bicyclic) bond motifs is 1. The topological polar surface area (TPSA) is 85.1 Å². The Hall–Kier alpha value is -2.80. The molecule has 3 aromatic rings. The van der Waals surface area contributed by atoms with Crippen LogP contribution in [0.5, 0.6) is 0 Å². The third kappa shape index (κ3) is 2.94. The van der Waals surface area contributed by atoms with Gasteiger partial charge in [0.1, 0.15) is 16.5 Å². The van der Waals surface area contributed by atoms with Crippen molar-refractivity contribution in [3.8, 4) is 10.6 Å². The van der Waals surface area contributed by atoms with Gasteiger partial charge in [-0.1, -0.05) is 41.2 Å². The summed E-state index contributed by atoms with van der Waals surface area (Å²) >= 11 is 1.29. The number of carbonyl (C=O) groups excluding carboxylic acids is 2. The van der Waals surface area contributed by atoms with Gasteiger partial charge in [-0.25, -0.2) is 0 Å². The van der Waals surface area contributed by atoms with Gasteiger partial charge in [0, 0.05) is 18.4 Å². The van der Waals surface area contributed by atoms with Gasteiger partial charge in [-0.3, -0.25) is 14.9 Å². The molecule has 0 bridgehead atoms. The first-order valence-corrected chi connectivity index (χ1v) is 9.22. The van der Waals surface area contributed by atoms with Crippen LogP contribution in [-0.4, -0.2) is 21.9 Å². The van der Waals surface area contributed by atoms with E-state index in [0.717, 1.165) is 22.6 Å². The molecule has 0 spiro atoms. The molecule has 1 aliphatic rings.